The topological polar surface area (TPSA) is 67.2 Å². The minimum Gasteiger partial charge on any atom is -0.324 e. The van der Waals surface area contributed by atoms with E-state index < -0.39 is 0 Å². The smallest absolute Gasteiger partial charge is 0.232 e. The number of pyridine rings is 2. The second-order valence-corrected chi connectivity index (χ2v) is 9.75. The van der Waals surface area contributed by atoms with Crippen LogP contribution in [0.2, 0.25) is 0 Å². The largest absolute Gasteiger partial charge is 0.324 e. The number of benzene rings is 1. The van der Waals surface area contributed by atoms with Crippen LogP contribution in [0.15, 0.2) is 95.4 Å². The third kappa shape index (κ3) is 4.01. The van der Waals surface area contributed by atoms with Crippen LogP contribution >= 0.6 is 0 Å². The van der Waals surface area contributed by atoms with Gasteiger partial charge in [-0.1, -0.05) is 36.4 Å². The van der Waals surface area contributed by atoms with Gasteiger partial charge in [-0.2, -0.15) is 0 Å². The molecule has 36 heavy (non-hydrogen) atoms. The number of nitrogens with one attached hydrogen (secondary N) is 1. The lowest BCUT2D eigenvalue weighted by Crippen LogP contribution is -2.28. The molecule has 0 bridgehead atoms. The molecule has 5 heteroatoms. The average molecular weight is 473 g/mol. The quantitative estimate of drug-likeness (QED) is 0.479. The normalized spacial score (nSPS) is 21.4. The van der Waals surface area contributed by atoms with Crippen LogP contribution in [-0.2, 0) is 11.2 Å². The Morgan fingerprint density at radius 1 is 0.917 bits per heavy atom. The van der Waals surface area contributed by atoms with Crippen molar-refractivity contribution in [3.63, 3.8) is 0 Å². The second kappa shape index (κ2) is 9.15. The number of aromatic nitrogens is 2. The van der Waals surface area contributed by atoms with Crippen LogP contribution in [0.1, 0.15) is 55.1 Å². The van der Waals surface area contributed by atoms with Gasteiger partial charge in [-0.15, -0.1) is 0 Å². The highest BCUT2D eigenvalue weighted by atomic mass is 16.1. The number of aliphatic imine (C=N–C) groups is 1. The van der Waals surface area contributed by atoms with Crippen molar-refractivity contribution in [1.29, 1.82) is 0 Å². The van der Waals surface area contributed by atoms with Crippen molar-refractivity contribution >= 4 is 28.5 Å². The molecular weight excluding hydrogens is 444 g/mol. The van der Waals surface area contributed by atoms with Crippen LogP contribution in [0.4, 0.5) is 5.69 Å². The number of allylic oxidation sites excluding steroid dienone is 5. The first-order valence-corrected chi connectivity index (χ1v) is 12.5. The molecule has 0 radical (unpaired) electrons. The molecule has 6 rings (SSSR count). The summed E-state index contributed by atoms with van der Waals surface area (Å²) < 4.78 is 0. The molecule has 2 unspecified atom stereocenters. The van der Waals surface area contributed by atoms with E-state index in [1.54, 1.807) is 6.20 Å². The first-order chi connectivity index (χ1) is 17.6. The average Bonchev–Trinajstić information content (AvgIpc) is 3.26. The highest BCUT2D eigenvalue weighted by Crippen LogP contribution is 2.46. The lowest BCUT2D eigenvalue weighted by atomic mass is 9.83. The molecule has 4 heterocycles. The van der Waals surface area contributed by atoms with Crippen molar-refractivity contribution in [1.82, 2.24) is 9.97 Å². The lowest BCUT2D eigenvalue weighted by Gasteiger charge is -2.25. The molecule has 0 spiro atoms. The molecule has 2 atom stereocenters. The first kappa shape index (κ1) is 22.4. The van der Waals surface area contributed by atoms with Gasteiger partial charge in [0.15, 0.2) is 0 Å². The summed E-state index contributed by atoms with van der Waals surface area (Å²) in [5.41, 5.74) is 11.2. The van der Waals surface area contributed by atoms with E-state index in [9.17, 15) is 4.79 Å². The van der Waals surface area contributed by atoms with Gasteiger partial charge in [-0.05, 0) is 78.8 Å². The Labute approximate surface area is 211 Å². The molecule has 1 aromatic carbocycles. The number of fused-ring (bicyclic) bond motifs is 1. The van der Waals surface area contributed by atoms with Gasteiger partial charge in [0.25, 0.3) is 0 Å². The van der Waals surface area contributed by atoms with Crippen LogP contribution in [0.3, 0.4) is 0 Å². The Kier molecular flexibility index (Phi) is 5.68. The third-order valence-electron chi connectivity index (χ3n) is 7.51. The Morgan fingerprint density at radius 3 is 2.50 bits per heavy atom. The van der Waals surface area contributed by atoms with Crippen LogP contribution in [0.25, 0.3) is 11.1 Å². The Balaban J connectivity index is 1.36. The molecule has 178 valence electrons. The van der Waals surface area contributed by atoms with Gasteiger partial charge in [-0.3, -0.25) is 19.8 Å². The Hall–Kier alpha value is -4.12. The summed E-state index contributed by atoms with van der Waals surface area (Å²) in [7, 11) is 0. The van der Waals surface area contributed by atoms with Crippen LogP contribution < -0.4 is 5.32 Å². The molecule has 3 aliphatic rings. The van der Waals surface area contributed by atoms with Crippen molar-refractivity contribution in [2.75, 3.05) is 5.32 Å². The minimum absolute atomic E-state index is 0.0251. The number of carbonyl (C=O) groups is 1. The molecule has 1 N–H and O–H groups in total. The van der Waals surface area contributed by atoms with Crippen molar-refractivity contribution in [2.24, 2.45) is 10.9 Å². The van der Waals surface area contributed by atoms with Crippen molar-refractivity contribution < 1.29 is 4.79 Å². The van der Waals surface area contributed by atoms with Gasteiger partial charge < -0.3 is 5.32 Å². The molecule has 0 saturated heterocycles. The van der Waals surface area contributed by atoms with Crippen LogP contribution in [0, 0.1) is 5.92 Å². The van der Waals surface area contributed by atoms with Crippen LogP contribution in [0.5, 0.6) is 0 Å². The van der Waals surface area contributed by atoms with E-state index in [0.29, 0.717) is 6.42 Å². The summed E-state index contributed by atoms with van der Waals surface area (Å²) in [6.07, 6.45) is 10.6. The van der Waals surface area contributed by atoms with E-state index in [1.165, 1.54) is 33.6 Å². The number of rotatable bonds is 4. The molecule has 1 amide bonds. The highest BCUT2D eigenvalue weighted by molar-refractivity contribution is 5.99. The standard InChI is InChI=1S/C31H28N4O/c1-19-8-9-23(18-34-19)25-16-24(27-6-3-4-14-32-27)20(2)30(25)22-12-10-21(11-13-22)26-17-29-28(35-31(26)36)7-5-15-33-29/h3-7,10-16,18,25-26H,8-9,17H2,1-2H3,(H,35,36). The third-order valence-corrected chi connectivity index (χ3v) is 7.51. The van der Waals surface area contributed by atoms with E-state index in [4.69, 9.17) is 0 Å². The molecule has 0 fully saturated rings. The fourth-order valence-corrected chi connectivity index (χ4v) is 5.51. The predicted molar refractivity (Wildman–Crippen MR) is 144 cm³/mol. The zero-order valence-corrected chi connectivity index (χ0v) is 20.5. The monoisotopic (exact) mass is 472 g/mol. The number of carbonyl (C=O) groups excluding carboxylic acids is 1. The fraction of sp³-hybridized carbons (Fsp3) is 0.226. The Bertz CT molecular complexity index is 1460. The molecule has 1 aliphatic carbocycles. The predicted octanol–water partition coefficient (Wildman–Crippen LogP) is 6.38. The van der Waals surface area contributed by atoms with Crippen molar-refractivity contribution in [3.05, 3.63) is 113 Å². The van der Waals surface area contributed by atoms with Crippen molar-refractivity contribution in [3.8, 4) is 0 Å². The van der Waals surface area contributed by atoms with Gasteiger partial charge in [0.05, 0.1) is 23.0 Å². The summed E-state index contributed by atoms with van der Waals surface area (Å²) in [6.45, 7) is 4.28. The van der Waals surface area contributed by atoms with E-state index in [2.05, 4.69) is 76.7 Å². The van der Waals surface area contributed by atoms with Gasteiger partial charge in [0, 0.05) is 42.2 Å². The summed E-state index contributed by atoms with van der Waals surface area (Å²) in [5, 5.41) is 3.02. The summed E-state index contributed by atoms with van der Waals surface area (Å²) in [4.78, 5) is 26.6. The van der Waals surface area contributed by atoms with E-state index in [-0.39, 0.29) is 17.7 Å². The molecule has 5 nitrogen and oxygen atoms in total. The lowest BCUT2D eigenvalue weighted by molar-refractivity contribution is -0.117. The first-order valence-electron chi connectivity index (χ1n) is 12.5. The fourth-order valence-electron chi connectivity index (χ4n) is 5.51. The Morgan fingerprint density at radius 2 is 1.75 bits per heavy atom. The number of hydrogen-bond donors (Lipinski definition) is 1. The van der Waals surface area contributed by atoms with Gasteiger partial charge in [0.1, 0.15) is 0 Å². The van der Waals surface area contributed by atoms with Crippen LogP contribution in [-0.4, -0.2) is 21.6 Å². The SMILES string of the molecule is CC1=NC=C(C2C=C(c3ccccn3)C(C)=C2c2ccc(C3Cc4ncccc4NC3=O)cc2)CC1. The van der Waals surface area contributed by atoms with Crippen molar-refractivity contribution in [2.45, 2.75) is 39.0 Å². The molecule has 2 aromatic heterocycles. The molecule has 2 aliphatic heterocycles. The van der Waals surface area contributed by atoms with E-state index in [1.807, 2.05) is 30.5 Å². The zero-order chi connectivity index (χ0) is 24.6. The number of anilines is 1. The zero-order valence-electron chi connectivity index (χ0n) is 20.5. The van der Waals surface area contributed by atoms with E-state index in [0.717, 1.165) is 35.5 Å². The number of amides is 1. The number of hydrogen-bond acceptors (Lipinski definition) is 4. The maximum absolute atomic E-state index is 12.9. The van der Waals surface area contributed by atoms with Gasteiger partial charge >= 0.3 is 0 Å². The molecule has 0 saturated carbocycles. The summed E-state index contributed by atoms with van der Waals surface area (Å²) in [5.74, 6) is -0.0488. The summed E-state index contributed by atoms with van der Waals surface area (Å²) >= 11 is 0. The van der Waals surface area contributed by atoms with E-state index >= 15 is 0 Å². The number of nitrogens with zero attached hydrogens (tertiary/aromatic N) is 3. The maximum Gasteiger partial charge on any atom is 0.232 e. The minimum atomic E-state index is -0.239. The second-order valence-electron chi connectivity index (χ2n) is 9.75. The summed E-state index contributed by atoms with van der Waals surface area (Å²) in [6, 6.07) is 18.3. The maximum atomic E-state index is 12.9. The van der Waals surface area contributed by atoms with Gasteiger partial charge in [-0.25, -0.2) is 0 Å². The molecular formula is C31H28N4O. The molecule has 3 aromatic rings. The highest BCUT2D eigenvalue weighted by Gasteiger charge is 2.31. The van der Waals surface area contributed by atoms with Gasteiger partial charge in [0.2, 0.25) is 5.91 Å².